The van der Waals surface area contributed by atoms with Crippen LogP contribution >= 0.6 is 0 Å². The standard InChI is InChI=1S/C3H5O.C3H7.Y/c1-3(2)4;1-3-2;/h1H2,2H3;1,3H2,2H3;/q2*-1;. The van der Waals surface area contributed by atoms with E-state index in [1.54, 1.807) is 0 Å². The molecule has 0 amide bonds. The van der Waals surface area contributed by atoms with Gasteiger partial charge in [-0.05, 0) is 12.7 Å². The second-order valence-corrected chi connectivity index (χ2v) is 1.20. The summed E-state index contributed by atoms with van der Waals surface area (Å²) in [4.78, 5) is 9.33. The molecule has 0 bridgehead atoms. The fraction of sp³-hybridized carbons (Fsp3) is 0.500. The SMILES string of the molecule is [CH2-]C(C)=O.[CH2-]CC.[Y]. The van der Waals surface area contributed by atoms with Gasteiger partial charge in [-0.1, -0.05) is 6.92 Å². The maximum atomic E-state index is 9.33. The summed E-state index contributed by atoms with van der Waals surface area (Å²) in [6, 6.07) is 0. The first kappa shape index (κ1) is 15.9. The first-order valence-corrected chi connectivity index (χ1v) is 2.26. The Kier molecular flexibility index (Phi) is 31.0. The molecule has 1 radical (unpaired) electrons. The molecule has 0 unspecified atom stereocenters. The van der Waals surface area contributed by atoms with Gasteiger partial charge in [0.1, 0.15) is 0 Å². The molecule has 8 heavy (non-hydrogen) atoms. The minimum absolute atomic E-state index is 0. The molecular formula is C6H12OY-2. The molecule has 0 saturated heterocycles. The largest absolute Gasteiger partial charge is 0.344 e. The Labute approximate surface area is 77.1 Å². The monoisotopic (exact) mass is 189 g/mol. The number of Topliss-reactive ketones (excluding diaryl/α,β-unsaturated/α-hetero) is 1. The molecule has 0 aromatic rings. The molecule has 0 rings (SSSR count). The molecule has 47 valence electrons. The first-order chi connectivity index (χ1) is 3.15. The van der Waals surface area contributed by atoms with Gasteiger partial charge >= 0.3 is 0 Å². The van der Waals surface area contributed by atoms with Crippen LogP contribution in [0.5, 0.6) is 0 Å². The minimum atomic E-state index is -0.0833. The van der Waals surface area contributed by atoms with Crippen molar-refractivity contribution in [1.29, 1.82) is 0 Å². The topological polar surface area (TPSA) is 17.1 Å². The molecule has 0 aliphatic carbocycles. The molecule has 1 nitrogen and oxygen atoms in total. The fourth-order valence-electron chi connectivity index (χ4n) is 0. The molecule has 2 heteroatoms. The Hall–Kier alpha value is 0.644. The summed E-state index contributed by atoms with van der Waals surface area (Å²) in [5.41, 5.74) is 0. The van der Waals surface area contributed by atoms with Crippen LogP contribution in [-0.4, -0.2) is 5.78 Å². The summed E-state index contributed by atoms with van der Waals surface area (Å²) in [5, 5.41) is 0. The summed E-state index contributed by atoms with van der Waals surface area (Å²) >= 11 is 0. The van der Waals surface area contributed by atoms with E-state index in [0.29, 0.717) is 0 Å². The number of hydrogen-bond acceptors (Lipinski definition) is 1. The van der Waals surface area contributed by atoms with Crippen LogP contribution in [-0.2, 0) is 37.5 Å². The van der Waals surface area contributed by atoms with Gasteiger partial charge in [-0.3, -0.25) is 0 Å². The summed E-state index contributed by atoms with van der Waals surface area (Å²) in [6.45, 7) is 9.92. The third-order valence-corrected chi connectivity index (χ3v) is 0. The molecular weight excluding hydrogens is 177 g/mol. The van der Waals surface area contributed by atoms with Crippen molar-refractivity contribution < 1.29 is 37.5 Å². The van der Waals surface area contributed by atoms with Crippen molar-refractivity contribution in [3.63, 3.8) is 0 Å². The van der Waals surface area contributed by atoms with E-state index >= 15 is 0 Å². The predicted octanol–water partition coefficient (Wildman–Crippen LogP) is 1.64. The summed E-state index contributed by atoms with van der Waals surface area (Å²) in [7, 11) is 0. The van der Waals surface area contributed by atoms with Gasteiger partial charge in [0.15, 0.2) is 0 Å². The third kappa shape index (κ3) is 510. The normalized spacial score (nSPS) is 5.38. The summed E-state index contributed by atoms with van der Waals surface area (Å²) in [6.07, 6.45) is 1.00. The van der Waals surface area contributed by atoms with Crippen molar-refractivity contribution in [2.45, 2.75) is 20.3 Å². The van der Waals surface area contributed by atoms with Gasteiger partial charge in [0.05, 0.1) is 0 Å². The average Bonchev–Trinajstić information content (AvgIpc) is 1.33. The van der Waals surface area contributed by atoms with Crippen molar-refractivity contribution in [2.75, 3.05) is 0 Å². The van der Waals surface area contributed by atoms with Gasteiger partial charge in [-0.25, -0.2) is 0 Å². The Balaban J connectivity index is -0.0000000575. The average molecular weight is 189 g/mol. The Morgan fingerprint density at radius 1 is 1.62 bits per heavy atom. The van der Waals surface area contributed by atoms with E-state index in [-0.39, 0.29) is 38.5 Å². The van der Waals surface area contributed by atoms with Gasteiger partial charge in [0.25, 0.3) is 0 Å². The molecule has 0 aromatic carbocycles. The second-order valence-electron chi connectivity index (χ2n) is 1.20. The smallest absolute Gasteiger partial charge is 0 e. The zero-order valence-corrected chi connectivity index (χ0v) is 8.45. The molecule has 0 fully saturated rings. The zero-order chi connectivity index (χ0) is 6.28. The van der Waals surface area contributed by atoms with Crippen LogP contribution in [0.4, 0.5) is 0 Å². The molecule has 0 saturated carbocycles. The molecule has 0 aliphatic rings. The van der Waals surface area contributed by atoms with Crippen LogP contribution in [0.25, 0.3) is 0 Å². The summed E-state index contributed by atoms with van der Waals surface area (Å²) in [5.74, 6) is -0.0833. The number of carbonyl (C=O) groups is 1. The van der Waals surface area contributed by atoms with Crippen LogP contribution in [0.15, 0.2) is 0 Å². The minimum Gasteiger partial charge on any atom is -0.344 e. The maximum absolute atomic E-state index is 9.33. The van der Waals surface area contributed by atoms with Crippen molar-refractivity contribution in [3.05, 3.63) is 13.8 Å². The van der Waals surface area contributed by atoms with E-state index in [0.717, 1.165) is 6.42 Å². The van der Waals surface area contributed by atoms with Crippen LogP contribution < -0.4 is 0 Å². The number of rotatable bonds is 0. The third-order valence-electron chi connectivity index (χ3n) is 0. The van der Waals surface area contributed by atoms with Gasteiger partial charge in [0.2, 0.25) is 0 Å². The van der Waals surface area contributed by atoms with Crippen LogP contribution in [0.3, 0.4) is 0 Å². The quantitative estimate of drug-likeness (QED) is 0.529. The van der Waals surface area contributed by atoms with E-state index in [2.05, 4.69) is 13.8 Å². The summed E-state index contributed by atoms with van der Waals surface area (Å²) < 4.78 is 0. The molecule has 0 aliphatic heterocycles. The number of carbonyl (C=O) groups excluding carboxylic acids is 1. The van der Waals surface area contributed by atoms with E-state index in [1.165, 1.54) is 6.92 Å². The van der Waals surface area contributed by atoms with Crippen molar-refractivity contribution in [2.24, 2.45) is 0 Å². The molecule has 0 aromatic heterocycles. The van der Waals surface area contributed by atoms with Gasteiger partial charge in [0, 0.05) is 32.7 Å². The van der Waals surface area contributed by atoms with E-state index in [1.807, 2.05) is 6.92 Å². The van der Waals surface area contributed by atoms with E-state index < -0.39 is 0 Å². The number of hydrogen-bond donors (Lipinski definition) is 0. The molecule has 0 N–H and O–H groups in total. The van der Waals surface area contributed by atoms with Gasteiger partial charge < -0.3 is 18.6 Å². The van der Waals surface area contributed by atoms with Crippen molar-refractivity contribution in [1.82, 2.24) is 0 Å². The maximum Gasteiger partial charge on any atom is 0 e. The van der Waals surface area contributed by atoms with Crippen molar-refractivity contribution in [3.8, 4) is 0 Å². The van der Waals surface area contributed by atoms with Crippen LogP contribution in [0.2, 0.25) is 0 Å². The molecule has 0 atom stereocenters. The Bertz CT molecular complexity index is 39.8. The first-order valence-electron chi connectivity index (χ1n) is 2.26. The van der Waals surface area contributed by atoms with E-state index in [9.17, 15) is 4.79 Å². The molecule has 0 spiro atoms. The van der Waals surface area contributed by atoms with Crippen LogP contribution in [0.1, 0.15) is 20.3 Å². The van der Waals surface area contributed by atoms with Gasteiger partial charge in [-0.2, -0.15) is 6.42 Å². The van der Waals surface area contributed by atoms with Gasteiger partial charge in [-0.15, -0.1) is 0 Å². The zero-order valence-electron chi connectivity index (χ0n) is 5.61. The van der Waals surface area contributed by atoms with E-state index in [4.69, 9.17) is 0 Å². The Morgan fingerprint density at radius 3 is 1.62 bits per heavy atom. The van der Waals surface area contributed by atoms with Crippen molar-refractivity contribution >= 4 is 5.78 Å². The Morgan fingerprint density at radius 2 is 1.62 bits per heavy atom. The van der Waals surface area contributed by atoms with Crippen LogP contribution in [0, 0.1) is 13.8 Å². The number of ketones is 1. The predicted molar refractivity (Wildman–Crippen MR) is 31.7 cm³/mol. The fourth-order valence-corrected chi connectivity index (χ4v) is 0. The second kappa shape index (κ2) is 15.6. The molecule has 0 heterocycles.